The Morgan fingerprint density at radius 3 is 0.742 bits per heavy atom. The lowest BCUT2D eigenvalue weighted by Crippen LogP contribution is -2.49. The van der Waals surface area contributed by atoms with Crippen LogP contribution in [0.1, 0.15) is 302 Å². The number of rotatable bonds is 0. The van der Waals surface area contributed by atoms with Crippen molar-refractivity contribution in [3.8, 4) is 0 Å². The maximum Gasteiger partial charge on any atom is 0.225 e. The van der Waals surface area contributed by atoms with E-state index in [0.717, 1.165) is 49.0 Å². The Kier molecular flexibility index (Phi) is 37.6. The van der Waals surface area contributed by atoms with E-state index in [1.54, 1.807) is 148 Å². The first-order chi connectivity index (χ1) is 32.5. The van der Waals surface area contributed by atoms with E-state index >= 15 is 0 Å². The molecule has 2 atom stereocenters. The zero-order chi connectivity index (χ0) is 49.3. The molecule has 2 unspecified atom stereocenters. The van der Waals surface area contributed by atoms with Crippen molar-refractivity contribution in [1.82, 2.24) is 4.90 Å². The topological polar surface area (TPSA) is 29.5 Å². The normalized spacial score (nSPS) is 37.1. The summed E-state index contributed by atoms with van der Waals surface area (Å²) in [6, 6.07) is 0.581. The minimum absolute atomic E-state index is 0.384. The Morgan fingerprint density at radius 2 is 0.591 bits per heavy atom. The summed E-state index contributed by atoms with van der Waals surface area (Å²) in [7, 11) is 1.94. The van der Waals surface area contributed by atoms with Crippen LogP contribution in [-0.4, -0.2) is 36.6 Å². The van der Waals surface area contributed by atoms with Crippen molar-refractivity contribution in [2.45, 2.75) is 315 Å². The summed E-state index contributed by atoms with van der Waals surface area (Å²) >= 11 is 0. The van der Waals surface area contributed by atoms with Gasteiger partial charge in [0.05, 0.1) is 6.10 Å². The fourth-order valence-electron chi connectivity index (χ4n) is 13.8. The molecule has 4 heterocycles. The van der Waals surface area contributed by atoms with Gasteiger partial charge in [-0.3, -0.25) is 4.79 Å². The molecule has 19 rings (SSSR count). The van der Waals surface area contributed by atoms with E-state index in [9.17, 15) is 4.79 Å². The third-order valence-corrected chi connectivity index (χ3v) is 18.1. The number of ether oxygens (including phenoxy) is 1. The Balaban J connectivity index is 0.000000370. The van der Waals surface area contributed by atoms with Crippen molar-refractivity contribution in [3.05, 3.63) is 0 Å². The first kappa shape index (κ1) is 63.4. The molecule has 14 bridgehead atoms. The molecule has 0 spiro atoms. The number of carbonyl (C=O) groups excluding carboxylic acids is 1. The van der Waals surface area contributed by atoms with Gasteiger partial charge in [-0.05, 0) is 161 Å². The molecule has 1 amide bonds. The maximum atomic E-state index is 11.3. The van der Waals surface area contributed by atoms with E-state index in [2.05, 4.69) is 0 Å². The minimum atomic E-state index is 0.384. The van der Waals surface area contributed by atoms with Crippen molar-refractivity contribution in [3.63, 3.8) is 0 Å². The van der Waals surface area contributed by atoms with E-state index < -0.39 is 0 Å². The molecule has 0 aromatic carbocycles. The summed E-state index contributed by atoms with van der Waals surface area (Å²) in [6.07, 6.45) is 48.5. The summed E-state index contributed by atoms with van der Waals surface area (Å²) in [6.45, 7) is 29.1. The van der Waals surface area contributed by atoms with Crippen molar-refractivity contribution in [2.75, 3.05) is 13.7 Å². The van der Waals surface area contributed by atoms with E-state index in [1.807, 2.05) is 109 Å². The lowest BCUT2D eigenvalue weighted by molar-refractivity contribution is -0.144. The molecule has 0 aromatic heterocycles. The number of hydrogen-bond donors (Lipinski definition) is 0. The molecule has 0 N–H and O–H groups in total. The summed E-state index contributed by atoms with van der Waals surface area (Å²) in [4.78, 5) is 13.3. The second-order valence-corrected chi connectivity index (χ2v) is 21.7. The van der Waals surface area contributed by atoms with Gasteiger partial charge in [-0.25, -0.2) is 0 Å². The quantitative estimate of drug-likeness (QED) is 0.242. The molecule has 4 aliphatic heterocycles. The largest absolute Gasteiger partial charge is 0.378 e. The zero-order valence-corrected chi connectivity index (χ0v) is 48.2. The summed E-state index contributed by atoms with van der Waals surface area (Å²) < 4.78 is 5.48. The van der Waals surface area contributed by atoms with Crippen molar-refractivity contribution in [1.29, 1.82) is 0 Å². The van der Waals surface area contributed by atoms with Crippen molar-refractivity contribution < 1.29 is 9.53 Å². The fourth-order valence-corrected chi connectivity index (χ4v) is 13.8. The lowest BCUT2D eigenvalue weighted by atomic mass is 9.56. The van der Waals surface area contributed by atoms with Gasteiger partial charge in [-0.1, -0.05) is 206 Å². The molecule has 19 fully saturated rings. The number of piperidine rings is 2. The smallest absolute Gasteiger partial charge is 0.225 e. The first-order valence-corrected chi connectivity index (χ1v) is 31.4. The Bertz CT molecular complexity index is 920. The highest BCUT2D eigenvalue weighted by molar-refractivity contribution is 5.80. The van der Waals surface area contributed by atoms with Gasteiger partial charge in [0.25, 0.3) is 0 Å². The molecular formula is C63H125NO2. The predicted octanol–water partition coefficient (Wildman–Crippen LogP) is 20.4. The van der Waals surface area contributed by atoms with Crippen LogP contribution < -0.4 is 0 Å². The highest BCUT2D eigenvalue weighted by Crippen LogP contribution is 2.53. The van der Waals surface area contributed by atoms with Crippen LogP contribution in [0.5, 0.6) is 0 Å². The van der Waals surface area contributed by atoms with Crippen molar-refractivity contribution >= 4 is 5.91 Å². The average molecular weight is 929 g/mol. The van der Waals surface area contributed by atoms with E-state index in [1.165, 1.54) is 80.5 Å². The Labute approximate surface area is 417 Å². The Morgan fingerprint density at radius 1 is 0.318 bits per heavy atom. The second kappa shape index (κ2) is 39.1. The maximum absolute atomic E-state index is 11.3. The second-order valence-electron chi connectivity index (χ2n) is 21.7. The van der Waals surface area contributed by atoms with Crippen LogP contribution in [0.15, 0.2) is 0 Å². The van der Waals surface area contributed by atoms with Gasteiger partial charge < -0.3 is 9.64 Å². The van der Waals surface area contributed by atoms with Gasteiger partial charge in [0.2, 0.25) is 5.91 Å². The number of hydrogen-bond acceptors (Lipinski definition) is 2. The first-order valence-electron chi connectivity index (χ1n) is 31.4. The molecule has 15 saturated carbocycles. The third-order valence-electron chi connectivity index (χ3n) is 18.1. The number of amides is 1. The molecular weight excluding hydrogens is 803 g/mol. The van der Waals surface area contributed by atoms with Crippen LogP contribution in [0.2, 0.25) is 0 Å². The van der Waals surface area contributed by atoms with Crippen LogP contribution in [0.25, 0.3) is 0 Å². The highest BCUT2D eigenvalue weighted by atomic mass is 16.5. The van der Waals surface area contributed by atoms with Gasteiger partial charge in [-0.2, -0.15) is 0 Å². The Hall–Kier alpha value is -0.570. The van der Waals surface area contributed by atoms with Crippen LogP contribution in [0.4, 0.5) is 0 Å². The predicted molar refractivity (Wildman–Crippen MR) is 295 cm³/mol. The molecule has 394 valence electrons. The van der Waals surface area contributed by atoms with Gasteiger partial charge in [-0.15, -0.1) is 0 Å². The molecule has 3 nitrogen and oxygen atoms in total. The molecule has 15 aliphatic carbocycles. The number of nitrogens with zero attached hydrogens (tertiary/aromatic N) is 1. The minimum Gasteiger partial charge on any atom is -0.378 e. The van der Waals surface area contributed by atoms with Gasteiger partial charge in [0, 0.05) is 25.6 Å². The molecule has 66 heavy (non-hydrogen) atoms. The molecule has 19 aliphatic rings. The number of carbonyl (C=O) groups is 1. The van der Waals surface area contributed by atoms with Gasteiger partial charge in [0.1, 0.15) is 0 Å². The van der Waals surface area contributed by atoms with Crippen molar-refractivity contribution in [2.24, 2.45) is 71.0 Å². The molecule has 4 saturated heterocycles. The van der Waals surface area contributed by atoms with E-state index in [4.69, 9.17) is 4.74 Å². The average Bonchev–Trinajstić information content (AvgIpc) is 4.28. The molecule has 3 heteroatoms. The van der Waals surface area contributed by atoms with Crippen LogP contribution >= 0.6 is 0 Å². The zero-order valence-electron chi connectivity index (χ0n) is 48.2. The molecule has 0 radical (unpaired) electrons. The fraction of sp³-hybridized carbons (Fsp3) is 0.984. The number of fused-ring (bicyclic) bond motifs is 14. The SMILES string of the molecule is C1C2CC1C2.C1CC2CC1C2.C1CC2CCC(C1)C2.C1CC2CCC1C2.C1CC2CCC1CC2.C1CC2CCC1CO2.CC.CC.CC.CC.CC.CC.CC.CN1C(=O)C2CCC1CC2. The third kappa shape index (κ3) is 22.2. The van der Waals surface area contributed by atoms with E-state index in [-0.39, 0.29) is 0 Å². The van der Waals surface area contributed by atoms with Crippen LogP contribution in [0, 0.1) is 71.0 Å². The summed E-state index contributed by atoms with van der Waals surface area (Å²) in [5.41, 5.74) is 0. The van der Waals surface area contributed by atoms with Crippen LogP contribution in [-0.2, 0) is 9.53 Å². The highest BCUT2D eigenvalue weighted by Gasteiger charge is 2.41. The van der Waals surface area contributed by atoms with Gasteiger partial charge in [0.15, 0.2) is 0 Å². The lowest BCUT2D eigenvalue weighted by Gasteiger charge is -2.49. The van der Waals surface area contributed by atoms with Crippen LogP contribution in [0.3, 0.4) is 0 Å². The summed E-state index contributed by atoms with van der Waals surface area (Å²) in [5.74, 6) is 13.5. The van der Waals surface area contributed by atoms with Gasteiger partial charge >= 0.3 is 0 Å². The standard InChI is InChI=1S/C8H13NO.2C8H14.C7H12O.C7H12.C6H10.C5H8.7C2H6/c1-9-7-4-2-6(3-5-7)8(9)10;1-2-8-5-3-7(1)4-6-8;1-2-7-4-5-8(3-1)6-7;1-3-7-4-2-6(1)5-8-7;1-2-7-4-3-6(1)5-7;1-2-6-3-5(1)4-6;1-4-2-5(1)3-4;7*1-2/h6-7H,2-5H2,1H3;2*7-8H,1-6H2;6-7H,1-5H2;6-7H,1-5H2;5-6H,1-4H2;4-5H,1-3H2;7*1-2H3. The van der Waals surface area contributed by atoms with E-state index in [0.29, 0.717) is 24.0 Å². The summed E-state index contributed by atoms with van der Waals surface area (Å²) in [5, 5.41) is 0. The molecule has 0 aromatic rings. The monoisotopic (exact) mass is 928 g/mol.